The van der Waals surface area contributed by atoms with Crippen LogP contribution in [0.2, 0.25) is 0 Å². The minimum atomic E-state index is 0.875. The quantitative estimate of drug-likeness (QED) is 0.175. The van der Waals surface area contributed by atoms with E-state index in [2.05, 4.69) is 181 Å². The molecule has 0 aliphatic rings. The van der Waals surface area contributed by atoms with Crippen molar-refractivity contribution in [1.82, 2.24) is 0 Å². The van der Waals surface area contributed by atoms with Gasteiger partial charge in [-0.15, -0.1) is 11.3 Å². The molecule has 0 radical (unpaired) electrons. The summed E-state index contributed by atoms with van der Waals surface area (Å²) in [6.45, 7) is 0. The lowest BCUT2D eigenvalue weighted by Gasteiger charge is -2.27. The van der Waals surface area contributed by atoms with Crippen LogP contribution >= 0.6 is 11.3 Å². The van der Waals surface area contributed by atoms with Gasteiger partial charge in [-0.1, -0.05) is 140 Å². The number of rotatable bonds is 6. The van der Waals surface area contributed by atoms with Gasteiger partial charge in [-0.05, 0) is 81.9 Å². The zero-order chi connectivity index (χ0) is 33.7. The molecule has 51 heavy (non-hydrogen) atoms. The molecule has 0 saturated carbocycles. The molecule has 240 valence electrons. The molecule has 2 heterocycles. The van der Waals surface area contributed by atoms with E-state index in [0.29, 0.717) is 0 Å². The van der Waals surface area contributed by atoms with Gasteiger partial charge < -0.3 is 9.32 Å². The normalized spacial score (nSPS) is 11.5. The summed E-state index contributed by atoms with van der Waals surface area (Å²) in [5.74, 6) is 0. The van der Waals surface area contributed by atoms with Gasteiger partial charge in [0.05, 0.1) is 11.1 Å². The van der Waals surface area contributed by atoms with Crippen LogP contribution in [0.1, 0.15) is 0 Å². The average molecular weight is 670 g/mol. The fourth-order valence-electron chi connectivity index (χ4n) is 7.53. The van der Waals surface area contributed by atoms with Gasteiger partial charge in [-0.2, -0.15) is 0 Å². The third kappa shape index (κ3) is 5.01. The topological polar surface area (TPSA) is 16.4 Å². The summed E-state index contributed by atoms with van der Waals surface area (Å²) >= 11 is 1.87. The van der Waals surface area contributed by atoms with E-state index < -0.39 is 0 Å². The van der Waals surface area contributed by atoms with E-state index in [0.717, 1.165) is 39.0 Å². The van der Waals surface area contributed by atoms with E-state index in [-0.39, 0.29) is 0 Å². The number of fused-ring (bicyclic) bond motifs is 6. The van der Waals surface area contributed by atoms with Crippen LogP contribution in [0.4, 0.5) is 17.1 Å². The van der Waals surface area contributed by atoms with E-state index in [1.807, 2.05) is 23.5 Å². The van der Waals surface area contributed by atoms with Gasteiger partial charge >= 0.3 is 0 Å². The predicted octanol–water partition coefficient (Wildman–Crippen LogP) is 14.4. The SMILES string of the molecule is c1ccc(-c2ccccc2-c2ccc(N(c3ccc(-c4cccc5c4sc4ccccc45)cc3)c3cccc4oc5ccccc5c34)cc2)cc1. The van der Waals surface area contributed by atoms with Crippen molar-refractivity contribution in [1.29, 1.82) is 0 Å². The number of para-hydroxylation sites is 1. The van der Waals surface area contributed by atoms with Gasteiger partial charge in [0.1, 0.15) is 11.2 Å². The summed E-state index contributed by atoms with van der Waals surface area (Å²) in [5.41, 5.74) is 12.3. The van der Waals surface area contributed by atoms with Crippen molar-refractivity contribution in [2.45, 2.75) is 0 Å². The van der Waals surface area contributed by atoms with Crippen LogP contribution in [-0.2, 0) is 0 Å². The molecule has 10 rings (SSSR count). The molecule has 3 heteroatoms. The second-order valence-corrected chi connectivity index (χ2v) is 13.9. The first-order valence-corrected chi connectivity index (χ1v) is 18.1. The van der Waals surface area contributed by atoms with E-state index in [1.54, 1.807) is 0 Å². The zero-order valence-electron chi connectivity index (χ0n) is 27.7. The molecule has 0 unspecified atom stereocenters. The highest BCUT2D eigenvalue weighted by atomic mass is 32.1. The minimum Gasteiger partial charge on any atom is -0.456 e. The maximum absolute atomic E-state index is 6.36. The van der Waals surface area contributed by atoms with E-state index in [4.69, 9.17) is 4.42 Å². The number of hydrogen-bond acceptors (Lipinski definition) is 3. The standard InChI is InChI=1S/C48H31NOS/c1-2-12-32(13-3-1)37-14-4-5-15-38(37)33-24-28-35(29-25-33)49(43-20-11-22-45-47(43)42-17-6-8-21-44(42)50-45)36-30-26-34(27-31-36)39-18-10-19-41-40-16-7-9-23-46(40)51-48(39)41/h1-31H. The second kappa shape index (κ2) is 12.2. The van der Waals surface area contributed by atoms with Gasteiger partial charge in [0, 0.05) is 36.9 Å². The monoisotopic (exact) mass is 669 g/mol. The summed E-state index contributed by atoms with van der Waals surface area (Å²) in [7, 11) is 0. The van der Waals surface area contributed by atoms with Gasteiger partial charge in [-0.3, -0.25) is 0 Å². The molecule has 8 aromatic carbocycles. The maximum Gasteiger partial charge on any atom is 0.137 e. The molecule has 0 aliphatic carbocycles. The molecule has 2 aromatic heterocycles. The second-order valence-electron chi connectivity index (χ2n) is 12.9. The van der Waals surface area contributed by atoms with Gasteiger partial charge in [0.25, 0.3) is 0 Å². The molecule has 0 atom stereocenters. The lowest BCUT2D eigenvalue weighted by molar-refractivity contribution is 0.669. The first-order chi connectivity index (χ1) is 25.3. The lowest BCUT2D eigenvalue weighted by atomic mass is 9.94. The van der Waals surface area contributed by atoms with Crippen molar-refractivity contribution in [3.8, 4) is 33.4 Å². The Labute approximate surface area is 300 Å². The van der Waals surface area contributed by atoms with Crippen molar-refractivity contribution >= 4 is 70.5 Å². The molecule has 2 nitrogen and oxygen atoms in total. The van der Waals surface area contributed by atoms with Crippen LogP contribution in [0, 0.1) is 0 Å². The smallest absolute Gasteiger partial charge is 0.137 e. The molecule has 0 bridgehead atoms. The number of thiophene rings is 1. The van der Waals surface area contributed by atoms with E-state index >= 15 is 0 Å². The fraction of sp³-hybridized carbons (Fsp3) is 0. The van der Waals surface area contributed by atoms with Crippen molar-refractivity contribution in [2.24, 2.45) is 0 Å². The molecule has 0 amide bonds. The highest BCUT2D eigenvalue weighted by Crippen LogP contribution is 2.45. The summed E-state index contributed by atoms with van der Waals surface area (Å²) in [6.07, 6.45) is 0. The third-order valence-corrected chi connectivity index (χ3v) is 11.1. The Balaban J connectivity index is 1.12. The van der Waals surface area contributed by atoms with Crippen LogP contribution in [0.3, 0.4) is 0 Å². The van der Waals surface area contributed by atoms with Crippen LogP contribution in [-0.4, -0.2) is 0 Å². The Morgan fingerprint density at radius 3 is 1.65 bits per heavy atom. The van der Waals surface area contributed by atoms with E-state index in [9.17, 15) is 0 Å². The minimum absolute atomic E-state index is 0.875. The van der Waals surface area contributed by atoms with Crippen LogP contribution < -0.4 is 4.90 Å². The van der Waals surface area contributed by atoms with Crippen molar-refractivity contribution in [3.05, 3.63) is 188 Å². The maximum atomic E-state index is 6.36. The van der Waals surface area contributed by atoms with Crippen molar-refractivity contribution in [2.75, 3.05) is 4.90 Å². The summed E-state index contributed by atoms with van der Waals surface area (Å²) in [4.78, 5) is 2.36. The molecule has 0 fully saturated rings. The molecule has 0 saturated heterocycles. The number of furan rings is 1. The van der Waals surface area contributed by atoms with Crippen LogP contribution in [0.5, 0.6) is 0 Å². The Bertz CT molecular complexity index is 2850. The Morgan fingerprint density at radius 1 is 0.373 bits per heavy atom. The average Bonchev–Trinajstić information content (AvgIpc) is 3.78. The third-order valence-electron chi connectivity index (χ3n) is 9.91. The largest absolute Gasteiger partial charge is 0.456 e. The van der Waals surface area contributed by atoms with Gasteiger partial charge in [0.2, 0.25) is 0 Å². The highest BCUT2D eigenvalue weighted by molar-refractivity contribution is 7.26. The van der Waals surface area contributed by atoms with Crippen molar-refractivity contribution < 1.29 is 4.42 Å². The number of benzene rings is 8. The van der Waals surface area contributed by atoms with Crippen LogP contribution in [0.25, 0.3) is 75.5 Å². The van der Waals surface area contributed by atoms with Crippen LogP contribution in [0.15, 0.2) is 192 Å². The van der Waals surface area contributed by atoms with E-state index in [1.165, 1.54) is 53.6 Å². The molecule has 0 spiro atoms. The summed E-state index contributed by atoms with van der Waals surface area (Å²) in [5, 5.41) is 4.84. The number of hydrogen-bond donors (Lipinski definition) is 0. The molecule has 10 aromatic rings. The zero-order valence-corrected chi connectivity index (χ0v) is 28.5. The highest BCUT2D eigenvalue weighted by Gasteiger charge is 2.20. The molecular formula is C48H31NOS. The summed E-state index contributed by atoms with van der Waals surface area (Å²) < 4.78 is 9.01. The number of anilines is 3. The van der Waals surface area contributed by atoms with Crippen molar-refractivity contribution in [3.63, 3.8) is 0 Å². The lowest BCUT2D eigenvalue weighted by Crippen LogP contribution is -2.10. The molecule has 0 N–H and O–H groups in total. The fourth-order valence-corrected chi connectivity index (χ4v) is 8.77. The van der Waals surface area contributed by atoms with Gasteiger partial charge in [-0.25, -0.2) is 0 Å². The number of nitrogens with zero attached hydrogens (tertiary/aromatic N) is 1. The first-order valence-electron chi connectivity index (χ1n) is 17.3. The van der Waals surface area contributed by atoms with Gasteiger partial charge in [0.15, 0.2) is 0 Å². The summed E-state index contributed by atoms with van der Waals surface area (Å²) in [6, 6.07) is 67.3. The Kier molecular flexibility index (Phi) is 7.04. The first kappa shape index (κ1) is 29.5. The molecule has 0 aliphatic heterocycles. The Hall–Kier alpha value is -6.42. The predicted molar refractivity (Wildman–Crippen MR) is 218 cm³/mol. The Morgan fingerprint density at radius 2 is 0.902 bits per heavy atom. The molecular weight excluding hydrogens is 639 g/mol.